The van der Waals surface area contributed by atoms with Crippen LogP contribution in [0.15, 0.2) is 60.7 Å². The van der Waals surface area contributed by atoms with Crippen molar-refractivity contribution in [1.82, 2.24) is 0 Å². The predicted molar refractivity (Wildman–Crippen MR) is 118 cm³/mol. The van der Waals surface area contributed by atoms with Gasteiger partial charge in [0.2, 0.25) is 0 Å². The van der Waals surface area contributed by atoms with Crippen LogP contribution in [0.5, 0.6) is 0 Å². The average molecular weight is 504 g/mol. The van der Waals surface area contributed by atoms with Gasteiger partial charge in [0.1, 0.15) is 24.4 Å². The van der Waals surface area contributed by atoms with Crippen LogP contribution in [0.3, 0.4) is 0 Å². The number of rotatable bonds is 10. The second-order valence-electron chi connectivity index (χ2n) is 8.12. The van der Waals surface area contributed by atoms with Crippen LogP contribution in [0.25, 0.3) is 0 Å². The van der Waals surface area contributed by atoms with E-state index < -0.39 is 48.7 Å². The first kappa shape index (κ1) is 26.4. The van der Waals surface area contributed by atoms with Crippen LogP contribution in [-0.2, 0) is 29.0 Å². The Morgan fingerprint density at radius 1 is 0.611 bits per heavy atom. The highest BCUT2D eigenvalue weighted by molar-refractivity contribution is 5.89. The Hall–Kier alpha value is -4.16. The summed E-state index contributed by atoms with van der Waals surface area (Å²) in [6.45, 7) is -0.964. The number of hydrogen-bond acceptors (Lipinski definition) is 10. The summed E-state index contributed by atoms with van der Waals surface area (Å²) in [6, 6.07) is 16.0. The number of hydrogen-bond donors (Lipinski definition) is 2. The van der Waals surface area contributed by atoms with E-state index in [1.807, 2.05) is 0 Å². The molecule has 2 aromatic rings. The first-order chi connectivity index (χ1) is 17.2. The molecule has 1 aliphatic rings. The minimum absolute atomic E-state index is 0.0196. The van der Waals surface area contributed by atoms with Crippen molar-refractivity contribution >= 4 is 24.2 Å². The van der Waals surface area contributed by atoms with Crippen molar-refractivity contribution in [3.05, 3.63) is 71.8 Å². The third-order valence-corrected chi connectivity index (χ3v) is 5.60. The van der Waals surface area contributed by atoms with Gasteiger partial charge >= 0.3 is 24.2 Å². The highest BCUT2D eigenvalue weighted by Crippen LogP contribution is 2.40. The van der Waals surface area contributed by atoms with E-state index in [9.17, 15) is 19.2 Å². The van der Waals surface area contributed by atoms with Crippen LogP contribution in [0.2, 0.25) is 0 Å². The van der Waals surface area contributed by atoms with Gasteiger partial charge in [-0.2, -0.15) is 9.78 Å². The summed E-state index contributed by atoms with van der Waals surface area (Å²) in [7, 11) is 0. The lowest BCUT2D eigenvalue weighted by Gasteiger charge is -2.42. The van der Waals surface area contributed by atoms with E-state index >= 15 is 0 Å². The second-order valence-corrected chi connectivity index (χ2v) is 8.12. The Balaban J connectivity index is 1.70. The van der Waals surface area contributed by atoms with Crippen molar-refractivity contribution < 1.29 is 58.4 Å². The molecule has 12 heteroatoms. The van der Waals surface area contributed by atoms with Crippen molar-refractivity contribution in [2.24, 2.45) is 0 Å². The normalized spacial score (nSPS) is 21.1. The largest absolute Gasteiger partial charge is 0.505 e. The highest BCUT2D eigenvalue weighted by atomic mass is 17.2. The molecule has 12 nitrogen and oxygen atoms in total. The molecule has 1 aliphatic carbocycles. The number of benzene rings is 2. The molecule has 2 aromatic carbocycles. The summed E-state index contributed by atoms with van der Waals surface area (Å²) in [4.78, 5) is 67.4. The van der Waals surface area contributed by atoms with Gasteiger partial charge in [-0.1, -0.05) is 36.4 Å². The number of carbonyl (C=O) groups excluding carboxylic acids is 2. The van der Waals surface area contributed by atoms with E-state index in [0.29, 0.717) is 0 Å². The summed E-state index contributed by atoms with van der Waals surface area (Å²) < 4.78 is 9.39. The number of carboxylic acid groups (broad SMARTS) is 2. The maximum atomic E-state index is 12.3. The highest BCUT2D eigenvalue weighted by Gasteiger charge is 2.49. The summed E-state index contributed by atoms with van der Waals surface area (Å²) in [5, 5.41) is 17.9. The van der Waals surface area contributed by atoms with Crippen molar-refractivity contribution in [3.8, 4) is 0 Å². The fourth-order valence-corrected chi connectivity index (χ4v) is 3.55. The molecule has 0 unspecified atom stereocenters. The topological polar surface area (TPSA) is 164 Å². The molecule has 0 heterocycles. The molecule has 0 aliphatic heterocycles. The van der Waals surface area contributed by atoms with Gasteiger partial charge < -0.3 is 19.7 Å². The number of carbonyl (C=O) groups is 4. The quantitative estimate of drug-likeness (QED) is 0.272. The summed E-state index contributed by atoms with van der Waals surface area (Å²) in [6.07, 6.45) is -3.21. The Bertz CT molecular complexity index is 960. The molecular formula is C24H24O12. The summed E-state index contributed by atoms with van der Waals surface area (Å²) in [5.41, 5.74) is -2.38. The van der Waals surface area contributed by atoms with Gasteiger partial charge in [-0.05, 0) is 49.9 Å². The lowest BCUT2D eigenvalue weighted by molar-refractivity contribution is -0.366. The van der Waals surface area contributed by atoms with Crippen molar-refractivity contribution in [3.63, 3.8) is 0 Å². The van der Waals surface area contributed by atoms with Gasteiger partial charge in [0, 0.05) is 0 Å². The Labute approximate surface area is 205 Å². The molecule has 36 heavy (non-hydrogen) atoms. The Morgan fingerprint density at radius 3 is 1.25 bits per heavy atom. The summed E-state index contributed by atoms with van der Waals surface area (Å²) in [5.74, 6) is -1.60. The van der Waals surface area contributed by atoms with E-state index in [0.717, 1.165) is 0 Å². The molecule has 2 N–H and O–H groups in total. The van der Waals surface area contributed by atoms with Crippen LogP contribution < -0.4 is 0 Å². The van der Waals surface area contributed by atoms with Gasteiger partial charge in [-0.15, -0.1) is 0 Å². The molecule has 0 spiro atoms. The van der Waals surface area contributed by atoms with Crippen molar-refractivity contribution in [1.29, 1.82) is 0 Å². The van der Waals surface area contributed by atoms with Crippen LogP contribution in [-0.4, -0.2) is 58.9 Å². The molecular weight excluding hydrogens is 480 g/mol. The molecule has 0 amide bonds. The van der Waals surface area contributed by atoms with E-state index in [-0.39, 0.29) is 36.8 Å². The molecule has 0 saturated heterocycles. The SMILES string of the molecule is O=C(O)OCC1(OOC(=O)c2ccccc2)CCC(COC(=O)O)(OOC(=O)c2ccccc2)CC1. The second kappa shape index (κ2) is 12.0. The molecule has 1 fully saturated rings. The van der Waals surface area contributed by atoms with Crippen molar-refractivity contribution in [2.45, 2.75) is 36.9 Å². The monoisotopic (exact) mass is 504 g/mol. The molecule has 0 aromatic heterocycles. The summed E-state index contributed by atoms with van der Waals surface area (Å²) >= 11 is 0. The molecule has 3 rings (SSSR count). The van der Waals surface area contributed by atoms with Crippen LogP contribution in [0.1, 0.15) is 46.4 Å². The van der Waals surface area contributed by atoms with Crippen molar-refractivity contribution in [2.75, 3.05) is 13.2 Å². The third-order valence-electron chi connectivity index (χ3n) is 5.60. The number of ether oxygens (including phenoxy) is 2. The maximum Gasteiger partial charge on any atom is 0.505 e. The lowest BCUT2D eigenvalue weighted by Crippen LogP contribution is -2.51. The zero-order chi connectivity index (χ0) is 26.0. The van der Waals surface area contributed by atoms with Gasteiger partial charge in [-0.3, -0.25) is 9.78 Å². The molecule has 1 saturated carbocycles. The molecule has 192 valence electrons. The molecule has 0 atom stereocenters. The predicted octanol–water partition coefficient (Wildman–Crippen LogP) is 4.00. The first-order valence-electron chi connectivity index (χ1n) is 10.8. The van der Waals surface area contributed by atoms with Gasteiger partial charge in [0.25, 0.3) is 0 Å². The lowest BCUT2D eigenvalue weighted by atomic mass is 9.76. The zero-order valence-corrected chi connectivity index (χ0v) is 19.0. The van der Waals surface area contributed by atoms with E-state index in [4.69, 9.17) is 39.2 Å². The Morgan fingerprint density at radius 2 is 0.944 bits per heavy atom. The van der Waals surface area contributed by atoms with Gasteiger partial charge in [0.15, 0.2) is 0 Å². The first-order valence-corrected chi connectivity index (χ1v) is 10.8. The van der Waals surface area contributed by atoms with Gasteiger partial charge in [-0.25, -0.2) is 19.2 Å². The minimum Gasteiger partial charge on any atom is -0.450 e. The fraction of sp³-hybridized carbons (Fsp3) is 0.333. The van der Waals surface area contributed by atoms with Gasteiger partial charge in [0.05, 0.1) is 11.1 Å². The standard InChI is InChI=1S/C24H24O12/c25-19(17-7-3-1-4-8-17)33-35-23(15-31-21(27)28)11-13-24(14-12-23,16-32-22(29)30)36-34-20(26)18-9-5-2-6-10-18/h1-10H,11-16H2,(H,27,28)(H,29,30). The maximum absolute atomic E-state index is 12.3. The van der Waals surface area contributed by atoms with Crippen LogP contribution in [0.4, 0.5) is 9.59 Å². The average Bonchev–Trinajstić information content (AvgIpc) is 2.90. The Kier molecular flexibility index (Phi) is 8.81. The van der Waals surface area contributed by atoms with Crippen LogP contribution in [0, 0.1) is 0 Å². The van der Waals surface area contributed by atoms with Crippen LogP contribution >= 0.6 is 0 Å². The fourth-order valence-electron chi connectivity index (χ4n) is 3.55. The molecule has 0 radical (unpaired) electrons. The smallest absolute Gasteiger partial charge is 0.450 e. The third kappa shape index (κ3) is 7.42. The van der Waals surface area contributed by atoms with E-state index in [1.165, 1.54) is 24.3 Å². The molecule has 0 bridgehead atoms. The zero-order valence-electron chi connectivity index (χ0n) is 19.0. The van der Waals surface area contributed by atoms with E-state index in [2.05, 4.69) is 0 Å². The minimum atomic E-state index is -1.56. The van der Waals surface area contributed by atoms with E-state index in [1.54, 1.807) is 36.4 Å².